The summed E-state index contributed by atoms with van der Waals surface area (Å²) >= 11 is 6.11. The van der Waals surface area contributed by atoms with E-state index in [0.717, 1.165) is 24.1 Å². The lowest BCUT2D eigenvalue weighted by Gasteiger charge is -2.09. The van der Waals surface area contributed by atoms with Gasteiger partial charge < -0.3 is 4.74 Å². The Balaban J connectivity index is 2.36. The summed E-state index contributed by atoms with van der Waals surface area (Å²) in [5, 5.41) is 4.67. The molecule has 2 heterocycles. The van der Waals surface area contributed by atoms with Crippen LogP contribution in [0.15, 0.2) is 6.07 Å². The van der Waals surface area contributed by atoms with Crippen LogP contribution in [0.4, 0.5) is 0 Å². The fraction of sp³-hybridized carbons (Fsp3) is 0.462. The van der Waals surface area contributed by atoms with Gasteiger partial charge in [-0.25, -0.2) is 9.67 Å². The van der Waals surface area contributed by atoms with Gasteiger partial charge in [-0.2, -0.15) is 10.1 Å². The Bertz CT molecular complexity index is 595. The Kier molecular flexibility index (Phi) is 4.04. The van der Waals surface area contributed by atoms with Crippen LogP contribution in [0.5, 0.6) is 11.8 Å². The first-order chi connectivity index (χ1) is 9.01. The third-order valence-electron chi connectivity index (χ3n) is 2.72. The molecule has 0 spiro atoms. The highest BCUT2D eigenvalue weighted by molar-refractivity contribution is 6.30. The van der Waals surface area contributed by atoms with E-state index < -0.39 is 0 Å². The third kappa shape index (κ3) is 3.04. The van der Waals surface area contributed by atoms with Gasteiger partial charge in [0.1, 0.15) is 11.0 Å². The molecule has 0 radical (unpaired) electrons. The Morgan fingerprint density at radius 2 is 2.05 bits per heavy atom. The van der Waals surface area contributed by atoms with Crippen molar-refractivity contribution in [1.82, 2.24) is 19.7 Å². The smallest absolute Gasteiger partial charge is 0.229 e. The van der Waals surface area contributed by atoms with Crippen LogP contribution in [0.3, 0.4) is 0 Å². The summed E-state index contributed by atoms with van der Waals surface area (Å²) in [4.78, 5) is 8.65. The number of nitrogens with zero attached hydrogens (tertiary/aromatic N) is 4. The highest BCUT2D eigenvalue weighted by atomic mass is 35.5. The first-order valence-electron chi connectivity index (χ1n) is 6.22. The van der Waals surface area contributed by atoms with E-state index in [1.165, 1.54) is 0 Å². The molecule has 19 heavy (non-hydrogen) atoms. The van der Waals surface area contributed by atoms with Gasteiger partial charge in [0, 0.05) is 25.1 Å². The maximum absolute atomic E-state index is 6.11. The Labute approximate surface area is 117 Å². The summed E-state index contributed by atoms with van der Waals surface area (Å²) < 4.78 is 7.46. The third-order valence-corrected chi connectivity index (χ3v) is 3.09. The molecule has 0 N–H and O–H groups in total. The van der Waals surface area contributed by atoms with Gasteiger partial charge in [0.15, 0.2) is 0 Å². The first kappa shape index (κ1) is 13.8. The maximum Gasteiger partial charge on any atom is 0.229 e. The molecular formula is C13H17ClN4O. The molecule has 0 unspecified atom stereocenters. The Morgan fingerprint density at radius 3 is 2.63 bits per heavy atom. The fourth-order valence-corrected chi connectivity index (χ4v) is 1.91. The van der Waals surface area contributed by atoms with Crippen molar-refractivity contribution in [2.75, 3.05) is 0 Å². The summed E-state index contributed by atoms with van der Waals surface area (Å²) in [6.45, 7) is 5.83. The standard InChI is InChI=1S/C13H17ClN4O/c1-5-6-10-15-12(14)9(3)13(16-10)19-11-7-8(2)17-18(11)4/h7H,5-6H2,1-4H3. The Hall–Kier alpha value is -1.62. The average molecular weight is 281 g/mol. The predicted octanol–water partition coefficient (Wildman–Crippen LogP) is 3.23. The van der Waals surface area contributed by atoms with Crippen molar-refractivity contribution in [2.45, 2.75) is 33.6 Å². The van der Waals surface area contributed by atoms with Crippen molar-refractivity contribution in [2.24, 2.45) is 7.05 Å². The maximum atomic E-state index is 6.11. The van der Waals surface area contributed by atoms with Crippen LogP contribution < -0.4 is 4.74 Å². The van der Waals surface area contributed by atoms with Crippen molar-refractivity contribution < 1.29 is 4.74 Å². The normalized spacial score (nSPS) is 10.8. The number of halogens is 1. The van der Waals surface area contributed by atoms with Crippen LogP contribution in [0.2, 0.25) is 5.15 Å². The van der Waals surface area contributed by atoms with E-state index in [0.29, 0.717) is 22.7 Å². The highest BCUT2D eigenvalue weighted by Crippen LogP contribution is 2.27. The molecule has 2 rings (SSSR count). The molecule has 102 valence electrons. The van der Waals surface area contributed by atoms with E-state index in [1.54, 1.807) is 4.68 Å². The van der Waals surface area contributed by atoms with Crippen LogP contribution >= 0.6 is 11.6 Å². The average Bonchev–Trinajstić information content (AvgIpc) is 2.64. The molecule has 2 aromatic rings. The van der Waals surface area contributed by atoms with Gasteiger partial charge in [-0.1, -0.05) is 18.5 Å². The van der Waals surface area contributed by atoms with E-state index >= 15 is 0 Å². The fourth-order valence-electron chi connectivity index (χ4n) is 1.73. The van der Waals surface area contributed by atoms with Crippen molar-refractivity contribution in [1.29, 1.82) is 0 Å². The Morgan fingerprint density at radius 1 is 1.32 bits per heavy atom. The van der Waals surface area contributed by atoms with Crippen LogP contribution in [0, 0.1) is 13.8 Å². The van der Waals surface area contributed by atoms with Gasteiger partial charge in [0.25, 0.3) is 0 Å². The van der Waals surface area contributed by atoms with Gasteiger partial charge >= 0.3 is 0 Å². The van der Waals surface area contributed by atoms with Crippen molar-refractivity contribution in [3.8, 4) is 11.8 Å². The van der Waals surface area contributed by atoms with Crippen LogP contribution in [-0.4, -0.2) is 19.7 Å². The minimum atomic E-state index is 0.437. The summed E-state index contributed by atoms with van der Waals surface area (Å²) in [7, 11) is 1.83. The van der Waals surface area contributed by atoms with E-state index in [4.69, 9.17) is 16.3 Å². The molecule has 0 saturated carbocycles. The van der Waals surface area contributed by atoms with Crippen LogP contribution in [0.25, 0.3) is 0 Å². The van der Waals surface area contributed by atoms with Gasteiger partial charge in [0.05, 0.1) is 5.69 Å². The zero-order chi connectivity index (χ0) is 14.0. The lowest BCUT2D eigenvalue weighted by atomic mass is 10.3. The molecular weight excluding hydrogens is 264 g/mol. The minimum Gasteiger partial charge on any atom is -0.421 e. The number of hydrogen-bond acceptors (Lipinski definition) is 4. The lowest BCUT2D eigenvalue weighted by molar-refractivity contribution is 0.409. The second-order valence-electron chi connectivity index (χ2n) is 4.46. The molecule has 0 aliphatic heterocycles. The number of aromatic nitrogens is 4. The van der Waals surface area contributed by atoms with Crippen LogP contribution in [-0.2, 0) is 13.5 Å². The molecule has 0 aliphatic rings. The monoisotopic (exact) mass is 280 g/mol. The van der Waals surface area contributed by atoms with E-state index in [1.807, 2.05) is 27.0 Å². The quantitative estimate of drug-likeness (QED) is 0.807. The second-order valence-corrected chi connectivity index (χ2v) is 4.82. The number of hydrogen-bond donors (Lipinski definition) is 0. The highest BCUT2D eigenvalue weighted by Gasteiger charge is 2.13. The number of ether oxygens (including phenoxy) is 1. The van der Waals surface area contributed by atoms with E-state index in [-0.39, 0.29) is 0 Å². The van der Waals surface area contributed by atoms with Crippen molar-refractivity contribution in [3.05, 3.63) is 28.3 Å². The summed E-state index contributed by atoms with van der Waals surface area (Å²) in [6.07, 6.45) is 1.74. The molecule has 2 aromatic heterocycles. The van der Waals surface area contributed by atoms with Gasteiger partial charge in [-0.15, -0.1) is 0 Å². The molecule has 0 fully saturated rings. The number of rotatable bonds is 4. The van der Waals surface area contributed by atoms with Gasteiger partial charge in [0.2, 0.25) is 11.8 Å². The molecule has 5 nitrogen and oxygen atoms in total. The topological polar surface area (TPSA) is 52.8 Å². The zero-order valence-electron chi connectivity index (χ0n) is 11.6. The summed E-state index contributed by atoms with van der Waals surface area (Å²) in [6, 6.07) is 1.86. The van der Waals surface area contributed by atoms with Gasteiger partial charge in [-0.3, -0.25) is 0 Å². The predicted molar refractivity (Wildman–Crippen MR) is 73.8 cm³/mol. The summed E-state index contributed by atoms with van der Waals surface area (Å²) in [5.74, 6) is 1.83. The molecule has 0 aliphatic carbocycles. The molecule has 0 atom stereocenters. The first-order valence-corrected chi connectivity index (χ1v) is 6.60. The zero-order valence-corrected chi connectivity index (χ0v) is 12.3. The molecule has 0 saturated heterocycles. The van der Waals surface area contributed by atoms with Gasteiger partial charge in [-0.05, 0) is 20.3 Å². The van der Waals surface area contributed by atoms with Crippen molar-refractivity contribution in [3.63, 3.8) is 0 Å². The van der Waals surface area contributed by atoms with E-state index in [9.17, 15) is 0 Å². The molecule has 0 bridgehead atoms. The van der Waals surface area contributed by atoms with Crippen LogP contribution in [0.1, 0.15) is 30.4 Å². The molecule has 0 amide bonds. The van der Waals surface area contributed by atoms with Crippen molar-refractivity contribution >= 4 is 11.6 Å². The SMILES string of the molecule is CCCc1nc(Cl)c(C)c(Oc2cc(C)nn2C)n1. The number of aryl methyl sites for hydroxylation is 3. The second kappa shape index (κ2) is 5.57. The minimum absolute atomic E-state index is 0.437. The molecule has 0 aromatic carbocycles. The lowest BCUT2D eigenvalue weighted by Crippen LogP contribution is -2.03. The summed E-state index contributed by atoms with van der Waals surface area (Å²) in [5.41, 5.74) is 1.63. The van der Waals surface area contributed by atoms with E-state index in [2.05, 4.69) is 22.0 Å². The molecule has 6 heteroatoms. The largest absolute Gasteiger partial charge is 0.421 e.